The molecule has 0 N–H and O–H groups in total. The zero-order chi connectivity index (χ0) is 19.3. The number of hydrogen-bond acceptors (Lipinski definition) is 3. The monoisotopic (exact) mass is 384 g/mol. The van der Waals surface area contributed by atoms with Gasteiger partial charge in [-0.25, -0.2) is 8.42 Å². The fourth-order valence-corrected chi connectivity index (χ4v) is 5.93. The Bertz CT molecular complexity index is 1030. The van der Waals surface area contributed by atoms with Crippen molar-refractivity contribution < 1.29 is 13.2 Å². The van der Waals surface area contributed by atoms with Crippen molar-refractivity contribution in [2.24, 2.45) is 0 Å². The van der Waals surface area contributed by atoms with E-state index in [1.165, 1.54) is 0 Å². The average Bonchev–Trinajstić information content (AvgIpc) is 3.23. The predicted molar refractivity (Wildman–Crippen MR) is 105 cm³/mol. The highest BCUT2D eigenvalue weighted by Crippen LogP contribution is 2.39. The molecule has 0 spiro atoms. The highest BCUT2D eigenvalue weighted by Gasteiger charge is 2.37. The fourth-order valence-electron chi connectivity index (χ4n) is 4.20. The molecule has 0 radical (unpaired) electrons. The first kappa shape index (κ1) is 18.2. The average molecular weight is 385 g/mol. The summed E-state index contributed by atoms with van der Waals surface area (Å²) in [5.74, 6) is -0.00557. The van der Waals surface area contributed by atoms with Crippen LogP contribution in [0.25, 0.3) is 0 Å². The number of nitrogens with zero attached hydrogens (tertiary/aromatic N) is 2. The van der Waals surface area contributed by atoms with Crippen LogP contribution < -0.4 is 4.90 Å². The minimum atomic E-state index is -3.62. The smallest absolute Gasteiger partial charge is 0.243 e. The zero-order valence-electron chi connectivity index (χ0n) is 15.9. The normalized spacial score (nSPS) is 20.3. The lowest BCUT2D eigenvalue weighted by molar-refractivity contribution is -0.117. The summed E-state index contributed by atoms with van der Waals surface area (Å²) in [5, 5.41) is 0. The van der Waals surface area contributed by atoms with E-state index in [1.807, 2.05) is 13.8 Å². The van der Waals surface area contributed by atoms with Gasteiger partial charge in [0.1, 0.15) is 0 Å². The first-order valence-corrected chi connectivity index (χ1v) is 10.7. The fraction of sp³-hybridized carbons (Fsp3) is 0.381. The minimum Gasteiger partial charge on any atom is -0.315 e. The molecule has 2 aliphatic rings. The molecule has 5 nitrogen and oxygen atoms in total. The quantitative estimate of drug-likeness (QED) is 0.815. The maximum absolute atomic E-state index is 13.4. The van der Waals surface area contributed by atoms with Gasteiger partial charge in [0.25, 0.3) is 0 Å². The Morgan fingerprint density at radius 3 is 2.63 bits per heavy atom. The topological polar surface area (TPSA) is 57.7 Å². The molecule has 4 rings (SSSR count). The van der Waals surface area contributed by atoms with Crippen LogP contribution in [-0.2, 0) is 21.2 Å². The van der Waals surface area contributed by atoms with Gasteiger partial charge in [-0.3, -0.25) is 4.79 Å². The summed E-state index contributed by atoms with van der Waals surface area (Å²) in [5.41, 5.74) is 4.93. The van der Waals surface area contributed by atoms with Crippen molar-refractivity contribution >= 4 is 21.6 Å². The van der Waals surface area contributed by atoms with Crippen molar-refractivity contribution in [2.75, 3.05) is 18.5 Å². The largest absolute Gasteiger partial charge is 0.315 e. The number of amides is 1. The highest BCUT2D eigenvalue weighted by atomic mass is 32.2. The maximum atomic E-state index is 13.4. The van der Waals surface area contributed by atoms with Gasteiger partial charge in [-0.1, -0.05) is 23.8 Å². The molecule has 1 atom stereocenters. The molecule has 1 fully saturated rings. The summed E-state index contributed by atoms with van der Waals surface area (Å²) < 4.78 is 28.4. The molecule has 0 saturated carbocycles. The number of sulfonamides is 1. The van der Waals surface area contributed by atoms with E-state index in [4.69, 9.17) is 0 Å². The Hall–Kier alpha value is -2.18. The van der Waals surface area contributed by atoms with E-state index >= 15 is 0 Å². The van der Waals surface area contributed by atoms with Gasteiger partial charge in [-0.2, -0.15) is 4.31 Å². The Labute approximate surface area is 160 Å². The van der Waals surface area contributed by atoms with Crippen LogP contribution in [0.5, 0.6) is 0 Å². The van der Waals surface area contributed by atoms with Gasteiger partial charge < -0.3 is 4.90 Å². The third kappa shape index (κ3) is 2.97. The second-order valence-electron chi connectivity index (χ2n) is 7.55. The Balaban J connectivity index is 1.73. The van der Waals surface area contributed by atoms with Gasteiger partial charge in [0, 0.05) is 19.3 Å². The molecular weight excluding hydrogens is 360 g/mol. The van der Waals surface area contributed by atoms with Gasteiger partial charge in [0.15, 0.2) is 0 Å². The lowest BCUT2D eigenvalue weighted by Crippen LogP contribution is -2.31. The number of rotatable bonds is 3. The number of likely N-dealkylation sites (N-methyl/N-ethyl adjacent to an activating group) is 1. The van der Waals surface area contributed by atoms with Crippen molar-refractivity contribution in [3.63, 3.8) is 0 Å². The van der Waals surface area contributed by atoms with E-state index in [0.29, 0.717) is 6.54 Å². The highest BCUT2D eigenvalue weighted by molar-refractivity contribution is 7.89. The molecule has 0 unspecified atom stereocenters. The molecule has 1 saturated heterocycles. The number of fused-ring (bicyclic) bond motifs is 1. The molecule has 2 aliphatic heterocycles. The standard InChI is InChI=1S/C21H24N2O3S/c1-14-6-7-15(2)18(11-14)20-5-4-10-23(20)27(25,26)17-8-9-19-16(12-17)13-21(24)22(19)3/h6-9,11-12,20H,4-5,10,13H2,1-3H3/t20-/m0/s1. The Morgan fingerprint density at radius 2 is 1.85 bits per heavy atom. The molecule has 0 bridgehead atoms. The number of aryl methyl sites for hydroxylation is 2. The van der Waals surface area contributed by atoms with Gasteiger partial charge >= 0.3 is 0 Å². The molecule has 27 heavy (non-hydrogen) atoms. The van der Waals surface area contributed by atoms with Crippen LogP contribution in [0.1, 0.15) is 41.1 Å². The van der Waals surface area contributed by atoms with E-state index < -0.39 is 10.0 Å². The number of hydrogen-bond donors (Lipinski definition) is 0. The number of benzene rings is 2. The van der Waals surface area contributed by atoms with Crippen LogP contribution in [0.4, 0.5) is 5.69 Å². The molecule has 2 aromatic carbocycles. The summed E-state index contributed by atoms with van der Waals surface area (Å²) in [4.78, 5) is 13.8. The summed E-state index contributed by atoms with van der Waals surface area (Å²) in [6, 6.07) is 11.1. The van der Waals surface area contributed by atoms with Gasteiger partial charge in [0.05, 0.1) is 17.4 Å². The van der Waals surface area contributed by atoms with Crippen LogP contribution >= 0.6 is 0 Å². The minimum absolute atomic E-state index is 0.00557. The summed E-state index contributed by atoms with van der Waals surface area (Å²) in [7, 11) is -1.90. The lowest BCUT2D eigenvalue weighted by Gasteiger charge is -2.26. The number of anilines is 1. The molecule has 0 aliphatic carbocycles. The van der Waals surface area contributed by atoms with Gasteiger partial charge in [-0.15, -0.1) is 0 Å². The van der Waals surface area contributed by atoms with Crippen LogP contribution in [0.2, 0.25) is 0 Å². The van der Waals surface area contributed by atoms with Crippen LogP contribution in [0.15, 0.2) is 41.3 Å². The summed E-state index contributed by atoms with van der Waals surface area (Å²) in [6.07, 6.45) is 1.94. The molecule has 6 heteroatoms. The third-order valence-corrected chi connectivity index (χ3v) is 7.64. The first-order chi connectivity index (χ1) is 12.8. The molecule has 1 amide bonds. The third-order valence-electron chi connectivity index (χ3n) is 5.73. The molecule has 142 valence electrons. The maximum Gasteiger partial charge on any atom is 0.243 e. The lowest BCUT2D eigenvalue weighted by atomic mass is 9.98. The zero-order valence-corrected chi connectivity index (χ0v) is 16.7. The van der Waals surface area contributed by atoms with E-state index in [1.54, 1.807) is 34.5 Å². The van der Waals surface area contributed by atoms with E-state index in [-0.39, 0.29) is 23.3 Å². The van der Waals surface area contributed by atoms with Crippen LogP contribution in [0, 0.1) is 13.8 Å². The molecule has 2 aromatic rings. The number of carbonyl (C=O) groups is 1. The second-order valence-corrected chi connectivity index (χ2v) is 9.44. The Morgan fingerprint density at radius 1 is 1.07 bits per heavy atom. The summed E-state index contributed by atoms with van der Waals surface area (Å²) >= 11 is 0. The van der Waals surface area contributed by atoms with Gasteiger partial charge in [0.2, 0.25) is 15.9 Å². The van der Waals surface area contributed by atoms with Gasteiger partial charge in [-0.05, 0) is 61.6 Å². The molecular formula is C21H24N2O3S. The second kappa shape index (κ2) is 6.46. The van der Waals surface area contributed by atoms with Crippen molar-refractivity contribution in [3.05, 3.63) is 58.7 Å². The van der Waals surface area contributed by atoms with E-state index in [2.05, 4.69) is 18.2 Å². The first-order valence-electron chi connectivity index (χ1n) is 9.27. The number of carbonyl (C=O) groups excluding carboxylic acids is 1. The van der Waals surface area contributed by atoms with Crippen LogP contribution in [-0.4, -0.2) is 32.2 Å². The van der Waals surface area contributed by atoms with Crippen LogP contribution in [0.3, 0.4) is 0 Å². The van der Waals surface area contributed by atoms with Crippen molar-refractivity contribution in [2.45, 2.75) is 44.0 Å². The van der Waals surface area contributed by atoms with E-state index in [0.717, 1.165) is 40.8 Å². The molecule has 2 heterocycles. The van der Waals surface area contributed by atoms with Crippen molar-refractivity contribution in [3.8, 4) is 0 Å². The summed E-state index contributed by atoms with van der Waals surface area (Å²) in [6.45, 7) is 4.59. The predicted octanol–water partition coefficient (Wildman–Crippen LogP) is 3.35. The SMILES string of the molecule is Cc1ccc(C)c([C@@H]2CCCN2S(=O)(=O)c2ccc3c(c2)CC(=O)N3C)c1. The Kier molecular flexibility index (Phi) is 4.35. The van der Waals surface area contributed by atoms with E-state index in [9.17, 15) is 13.2 Å². The van der Waals surface area contributed by atoms with Crippen molar-refractivity contribution in [1.29, 1.82) is 0 Å². The van der Waals surface area contributed by atoms with Crippen molar-refractivity contribution in [1.82, 2.24) is 4.31 Å². The molecule has 0 aromatic heterocycles.